The van der Waals surface area contributed by atoms with E-state index in [-0.39, 0.29) is 67.9 Å². The molecule has 2 unspecified atom stereocenters. The van der Waals surface area contributed by atoms with Crippen LogP contribution in [0.2, 0.25) is 0 Å². The molecule has 6 aromatic rings. The van der Waals surface area contributed by atoms with Gasteiger partial charge in [-0.15, -0.1) is 0 Å². The number of aliphatic hydroxyl groups excluding tert-OH is 8. The van der Waals surface area contributed by atoms with Crippen LogP contribution < -0.4 is 4.74 Å². The summed E-state index contributed by atoms with van der Waals surface area (Å²) < 4.78 is 19.1. The van der Waals surface area contributed by atoms with E-state index in [4.69, 9.17) is 14.2 Å². The van der Waals surface area contributed by atoms with E-state index in [1.165, 1.54) is 54.6 Å². The van der Waals surface area contributed by atoms with E-state index < -0.39 is 133 Å². The Balaban J connectivity index is 1.26. The van der Waals surface area contributed by atoms with Crippen molar-refractivity contribution in [2.45, 2.75) is 96.7 Å². The Bertz CT molecular complexity index is 3070. The van der Waals surface area contributed by atoms with Gasteiger partial charge in [-0.2, -0.15) is 0 Å². The van der Waals surface area contributed by atoms with Gasteiger partial charge in [-0.25, -0.2) is 0 Å². The number of fused-ring (bicyclic) bond motifs is 7. The first-order valence-electron chi connectivity index (χ1n) is 23.6. The molecule has 3 aliphatic heterocycles. The number of phenols is 8. The minimum atomic E-state index is -1.97. The molecule has 0 amide bonds. The molecule has 11 rings (SSSR count). The maximum atomic E-state index is 13.3. The number of aliphatic hydroxyl groups is 8. The van der Waals surface area contributed by atoms with Crippen LogP contribution in [0.3, 0.4) is 0 Å². The predicted octanol–water partition coefficient (Wildman–Crippen LogP) is 2.79. The largest absolute Gasteiger partial charge is 0.508 e. The average Bonchev–Trinajstić information content (AvgIpc) is 4.03. The lowest BCUT2D eigenvalue weighted by atomic mass is 9.74. The number of hydrogen-bond acceptors (Lipinski definition) is 19. The first-order valence-corrected chi connectivity index (χ1v) is 23.6. The van der Waals surface area contributed by atoms with Gasteiger partial charge >= 0.3 is 0 Å². The van der Waals surface area contributed by atoms with Gasteiger partial charge in [0.15, 0.2) is 0 Å². The van der Waals surface area contributed by atoms with Crippen LogP contribution in [-0.4, -0.2) is 144 Å². The summed E-state index contributed by atoms with van der Waals surface area (Å²) in [5.74, 6) is -8.04. The topological polar surface area (TPSA) is 351 Å². The van der Waals surface area contributed by atoms with E-state index in [9.17, 15) is 81.7 Å². The Morgan fingerprint density at radius 2 is 0.808 bits per heavy atom. The Morgan fingerprint density at radius 3 is 1.30 bits per heavy atom. The molecule has 2 fully saturated rings. The highest BCUT2D eigenvalue weighted by atomic mass is 16.6. The fourth-order valence-corrected chi connectivity index (χ4v) is 12.4. The zero-order valence-corrected chi connectivity index (χ0v) is 38.3. The van der Waals surface area contributed by atoms with Gasteiger partial charge in [0.05, 0.1) is 30.3 Å². The number of hydrogen-bond donors (Lipinski definition) is 16. The van der Waals surface area contributed by atoms with Crippen LogP contribution in [0, 0.1) is 0 Å². The van der Waals surface area contributed by atoms with Gasteiger partial charge in [-0.1, -0.05) is 36.4 Å². The molecular formula is C54H52O19. The third-order valence-electron chi connectivity index (χ3n) is 15.6. The van der Waals surface area contributed by atoms with Crippen LogP contribution in [0.1, 0.15) is 109 Å². The third-order valence-corrected chi connectivity index (χ3v) is 15.6. The molecule has 382 valence electrons. The standard InChI is InChI=1S/C54H52O19/c55-17-30-43(63)47(67)49(69)53(71-30)37-29(62)16-28-35-32(19-1-7-23(57)8-2-19)40-39(38(35)33(36(28)45(37)65)20-3-9-24(58)10-4-20)41-34(22-13-26(60)15-27(61)14-22)51(21-5-11-25(59)12-6-21)73-52(41)42(46(40)66)54-50(70)48(68)44(64)31(18-56)72-54/h1-16,30-35,38,43-44,47-51,53-70H,17-18H2/t30-,31-,32+,33-,34-,35+,38+,43-,44-,47+,48+,49-,50-,51+,53?,54?/m1/s1. The molecule has 5 aliphatic rings. The number of phenolic OH excluding ortho intramolecular Hbond substituents is 8. The maximum absolute atomic E-state index is 13.3. The van der Waals surface area contributed by atoms with Gasteiger partial charge in [0.1, 0.15) is 119 Å². The Kier molecular flexibility index (Phi) is 11.9. The van der Waals surface area contributed by atoms with Gasteiger partial charge in [-0.05, 0) is 88.0 Å². The molecule has 6 aromatic carbocycles. The molecule has 0 saturated carbocycles. The van der Waals surface area contributed by atoms with Crippen molar-refractivity contribution in [3.05, 3.63) is 158 Å². The van der Waals surface area contributed by atoms with Gasteiger partial charge in [0, 0.05) is 46.4 Å². The first kappa shape index (κ1) is 48.4. The lowest BCUT2D eigenvalue weighted by molar-refractivity contribution is -0.232. The van der Waals surface area contributed by atoms with E-state index in [1.54, 1.807) is 36.4 Å². The van der Waals surface area contributed by atoms with Crippen molar-refractivity contribution in [1.29, 1.82) is 0 Å². The smallest absolute Gasteiger partial charge is 0.135 e. The number of rotatable bonds is 8. The summed E-state index contributed by atoms with van der Waals surface area (Å²) in [6.45, 7) is -1.65. The Hall–Kier alpha value is -6.88. The highest BCUT2D eigenvalue weighted by Gasteiger charge is 2.60. The van der Waals surface area contributed by atoms with Gasteiger partial charge in [0.2, 0.25) is 0 Å². The van der Waals surface area contributed by atoms with E-state index >= 15 is 0 Å². The van der Waals surface area contributed by atoms with Crippen LogP contribution in [-0.2, 0) is 9.47 Å². The SMILES string of the molecule is OC[C@H]1OC(c2c(O)cc3c(c2O)[C@@H](c2ccc(O)cc2)[C@@H]2c4c(c(O)c(C5O[C@H](CO)[C@@H](O)[C@H](O)[C@H]5O)c5c4[C@@H](c4cc(O)cc(O)c4)[C@H](c4ccc(O)cc4)O5)[C@@H](c4ccc(O)cc4)[C@H]32)[C@H](O)[C@@H](O)[C@@H]1O. The minimum absolute atomic E-state index is 0.0995. The summed E-state index contributed by atoms with van der Waals surface area (Å²) >= 11 is 0. The lowest BCUT2D eigenvalue weighted by Crippen LogP contribution is -2.55. The first-order chi connectivity index (χ1) is 34.9. The van der Waals surface area contributed by atoms with Crippen molar-refractivity contribution in [3.63, 3.8) is 0 Å². The van der Waals surface area contributed by atoms with Crippen molar-refractivity contribution in [2.24, 2.45) is 0 Å². The summed E-state index contributed by atoms with van der Waals surface area (Å²) in [6.07, 6.45) is -18.9. The quantitative estimate of drug-likeness (QED) is 0.104. The van der Waals surface area contributed by atoms with Crippen LogP contribution in [0.4, 0.5) is 0 Å². The van der Waals surface area contributed by atoms with Crippen LogP contribution in [0.15, 0.2) is 97.1 Å². The molecule has 73 heavy (non-hydrogen) atoms. The molecular weight excluding hydrogens is 953 g/mol. The van der Waals surface area contributed by atoms with Crippen molar-refractivity contribution < 1.29 is 95.9 Å². The number of ether oxygens (including phenoxy) is 3. The molecule has 0 aromatic heterocycles. The second kappa shape index (κ2) is 18.0. The zero-order valence-electron chi connectivity index (χ0n) is 38.3. The molecule has 0 spiro atoms. The molecule has 2 aliphatic carbocycles. The highest BCUT2D eigenvalue weighted by Crippen LogP contribution is 2.74. The fourth-order valence-electron chi connectivity index (χ4n) is 12.4. The average molecular weight is 1000 g/mol. The lowest BCUT2D eigenvalue weighted by Gasteiger charge is -2.41. The summed E-state index contributed by atoms with van der Waals surface area (Å²) in [4.78, 5) is 0. The second-order valence-corrected chi connectivity index (χ2v) is 19.6. The van der Waals surface area contributed by atoms with Crippen molar-refractivity contribution >= 4 is 0 Å². The molecule has 19 heteroatoms. The molecule has 16 atom stereocenters. The van der Waals surface area contributed by atoms with Crippen LogP contribution in [0.5, 0.6) is 51.7 Å². The third kappa shape index (κ3) is 7.41. The fraction of sp³-hybridized carbons (Fsp3) is 0.333. The van der Waals surface area contributed by atoms with E-state index in [1.807, 2.05) is 0 Å². The van der Waals surface area contributed by atoms with Gasteiger partial charge in [-0.3, -0.25) is 0 Å². The van der Waals surface area contributed by atoms with E-state index in [2.05, 4.69) is 0 Å². The molecule has 19 nitrogen and oxygen atoms in total. The predicted molar refractivity (Wildman–Crippen MR) is 252 cm³/mol. The molecule has 16 N–H and O–H groups in total. The molecule has 3 heterocycles. The van der Waals surface area contributed by atoms with Gasteiger partial charge in [0.25, 0.3) is 0 Å². The van der Waals surface area contributed by atoms with Crippen molar-refractivity contribution in [3.8, 4) is 51.7 Å². The Labute approximate surface area is 414 Å². The van der Waals surface area contributed by atoms with Gasteiger partial charge < -0.3 is 95.9 Å². The maximum Gasteiger partial charge on any atom is 0.135 e. The summed E-state index contributed by atoms with van der Waals surface area (Å²) in [6, 6.07) is 23.3. The highest BCUT2D eigenvalue weighted by molar-refractivity contribution is 5.76. The number of aromatic hydroxyl groups is 8. The monoisotopic (exact) mass is 1000 g/mol. The minimum Gasteiger partial charge on any atom is -0.508 e. The zero-order chi connectivity index (χ0) is 51.6. The van der Waals surface area contributed by atoms with Crippen LogP contribution in [0.25, 0.3) is 0 Å². The van der Waals surface area contributed by atoms with E-state index in [0.717, 1.165) is 6.07 Å². The molecule has 0 bridgehead atoms. The summed E-state index contributed by atoms with van der Waals surface area (Å²) in [5.41, 5.74) is 2.20. The van der Waals surface area contributed by atoms with Crippen molar-refractivity contribution in [2.75, 3.05) is 13.2 Å². The second-order valence-electron chi connectivity index (χ2n) is 19.6. The van der Waals surface area contributed by atoms with Crippen LogP contribution >= 0.6 is 0 Å². The Morgan fingerprint density at radius 1 is 0.356 bits per heavy atom. The molecule has 0 radical (unpaired) electrons. The normalized spacial score (nSPS) is 32.1. The molecule has 2 saturated heterocycles. The van der Waals surface area contributed by atoms with Crippen molar-refractivity contribution in [1.82, 2.24) is 0 Å². The number of benzene rings is 6. The summed E-state index contributed by atoms with van der Waals surface area (Å²) in [5, 5.41) is 180. The summed E-state index contributed by atoms with van der Waals surface area (Å²) in [7, 11) is 0. The van der Waals surface area contributed by atoms with E-state index in [0.29, 0.717) is 22.3 Å².